The second-order valence-electron chi connectivity index (χ2n) is 4.46. The Hall–Kier alpha value is -2.10. The largest absolute Gasteiger partial charge is 0.322 e. The fourth-order valence-corrected chi connectivity index (χ4v) is 2.01. The topological polar surface area (TPSA) is 46.9 Å². The zero-order valence-corrected chi connectivity index (χ0v) is 11.6. The van der Waals surface area contributed by atoms with Gasteiger partial charge in [0.05, 0.1) is 11.8 Å². The third-order valence-electron chi connectivity index (χ3n) is 3.27. The van der Waals surface area contributed by atoms with Crippen LogP contribution in [-0.2, 0) is 13.0 Å². The Morgan fingerprint density at radius 2 is 1.95 bits per heavy atom. The van der Waals surface area contributed by atoms with Crippen LogP contribution in [0.15, 0.2) is 30.5 Å². The molecular weight excluding hydrogens is 238 g/mol. The maximum Gasteiger partial charge on any atom is 0.259 e. The number of amides is 1. The lowest BCUT2D eigenvalue weighted by Gasteiger charge is -2.06. The van der Waals surface area contributed by atoms with Crippen molar-refractivity contribution in [1.29, 1.82) is 0 Å². The first-order chi connectivity index (χ1) is 9.15. The molecule has 4 heteroatoms. The standard InChI is InChI=1S/C15H19N3O/c1-4-12-6-8-13(9-7-12)17-15(19)14-10-16-18(5-2)11(14)3/h6-10H,4-5H2,1-3H3,(H,17,19). The van der Waals surface area contributed by atoms with Crippen LogP contribution in [0.25, 0.3) is 0 Å². The normalized spacial score (nSPS) is 10.5. The molecule has 1 amide bonds. The Morgan fingerprint density at radius 1 is 1.26 bits per heavy atom. The van der Waals surface area contributed by atoms with Crippen molar-refractivity contribution < 1.29 is 4.79 Å². The zero-order valence-electron chi connectivity index (χ0n) is 11.6. The van der Waals surface area contributed by atoms with Gasteiger partial charge in [0.2, 0.25) is 0 Å². The van der Waals surface area contributed by atoms with Gasteiger partial charge in [0, 0.05) is 17.9 Å². The van der Waals surface area contributed by atoms with Crippen molar-refractivity contribution in [3.05, 3.63) is 47.3 Å². The number of anilines is 1. The fourth-order valence-electron chi connectivity index (χ4n) is 2.01. The molecule has 1 aromatic carbocycles. The van der Waals surface area contributed by atoms with E-state index in [9.17, 15) is 4.79 Å². The third-order valence-corrected chi connectivity index (χ3v) is 3.27. The molecule has 1 heterocycles. The van der Waals surface area contributed by atoms with Crippen molar-refractivity contribution >= 4 is 11.6 Å². The van der Waals surface area contributed by atoms with E-state index >= 15 is 0 Å². The van der Waals surface area contributed by atoms with Crippen molar-refractivity contribution in [3.63, 3.8) is 0 Å². The summed E-state index contributed by atoms with van der Waals surface area (Å²) < 4.78 is 1.81. The molecule has 0 fully saturated rings. The number of rotatable bonds is 4. The van der Waals surface area contributed by atoms with E-state index in [1.54, 1.807) is 6.20 Å². The number of benzene rings is 1. The number of carbonyl (C=O) groups excluding carboxylic acids is 1. The van der Waals surface area contributed by atoms with Crippen molar-refractivity contribution in [1.82, 2.24) is 9.78 Å². The minimum atomic E-state index is -0.110. The molecular formula is C15H19N3O. The lowest BCUT2D eigenvalue weighted by molar-refractivity contribution is 0.102. The van der Waals surface area contributed by atoms with E-state index in [1.165, 1.54) is 5.56 Å². The van der Waals surface area contributed by atoms with Gasteiger partial charge in [-0.15, -0.1) is 0 Å². The van der Waals surface area contributed by atoms with Gasteiger partial charge >= 0.3 is 0 Å². The molecule has 100 valence electrons. The summed E-state index contributed by atoms with van der Waals surface area (Å²) in [7, 11) is 0. The van der Waals surface area contributed by atoms with Gasteiger partial charge in [-0.25, -0.2) is 0 Å². The second-order valence-corrected chi connectivity index (χ2v) is 4.46. The number of nitrogens with one attached hydrogen (secondary N) is 1. The first-order valence-electron chi connectivity index (χ1n) is 6.58. The number of aryl methyl sites for hydroxylation is 2. The van der Waals surface area contributed by atoms with Gasteiger partial charge in [-0.2, -0.15) is 5.10 Å². The highest BCUT2D eigenvalue weighted by molar-refractivity contribution is 6.04. The minimum absolute atomic E-state index is 0.110. The molecule has 1 aromatic heterocycles. The maximum atomic E-state index is 12.2. The molecule has 0 spiro atoms. The zero-order chi connectivity index (χ0) is 13.8. The van der Waals surface area contributed by atoms with Gasteiger partial charge in [-0.3, -0.25) is 9.48 Å². The molecule has 0 aliphatic rings. The summed E-state index contributed by atoms with van der Waals surface area (Å²) in [6.07, 6.45) is 2.62. The lowest BCUT2D eigenvalue weighted by atomic mass is 10.1. The molecule has 4 nitrogen and oxygen atoms in total. The lowest BCUT2D eigenvalue weighted by Crippen LogP contribution is -2.13. The van der Waals surface area contributed by atoms with Crippen LogP contribution in [-0.4, -0.2) is 15.7 Å². The first kappa shape index (κ1) is 13.3. The van der Waals surface area contributed by atoms with Crippen LogP contribution in [0.4, 0.5) is 5.69 Å². The van der Waals surface area contributed by atoms with E-state index in [-0.39, 0.29) is 5.91 Å². The van der Waals surface area contributed by atoms with Gasteiger partial charge in [0.15, 0.2) is 0 Å². The van der Waals surface area contributed by atoms with E-state index in [4.69, 9.17) is 0 Å². The van der Waals surface area contributed by atoms with Crippen molar-refractivity contribution in [2.24, 2.45) is 0 Å². The highest BCUT2D eigenvalue weighted by Gasteiger charge is 2.13. The number of hydrogen-bond acceptors (Lipinski definition) is 2. The average molecular weight is 257 g/mol. The van der Waals surface area contributed by atoms with Gasteiger partial charge in [-0.05, 0) is 38.0 Å². The average Bonchev–Trinajstić information content (AvgIpc) is 2.80. The van der Waals surface area contributed by atoms with Crippen molar-refractivity contribution in [2.75, 3.05) is 5.32 Å². The van der Waals surface area contributed by atoms with Crippen LogP contribution in [0.5, 0.6) is 0 Å². The number of hydrogen-bond donors (Lipinski definition) is 1. The Bertz CT molecular complexity index is 570. The third kappa shape index (κ3) is 2.84. The van der Waals surface area contributed by atoms with Crippen LogP contribution in [0.3, 0.4) is 0 Å². The highest BCUT2D eigenvalue weighted by Crippen LogP contribution is 2.13. The monoisotopic (exact) mass is 257 g/mol. The van der Waals surface area contributed by atoms with Crippen LogP contribution in [0.2, 0.25) is 0 Å². The summed E-state index contributed by atoms with van der Waals surface area (Å²) in [6, 6.07) is 7.91. The molecule has 0 unspecified atom stereocenters. The predicted octanol–water partition coefficient (Wildman–Crippen LogP) is 3.03. The number of aromatic nitrogens is 2. The Kier molecular flexibility index (Phi) is 4.00. The molecule has 0 saturated heterocycles. The molecule has 2 rings (SSSR count). The molecule has 0 saturated carbocycles. The molecule has 0 aliphatic heterocycles. The molecule has 1 N–H and O–H groups in total. The quantitative estimate of drug-likeness (QED) is 0.915. The first-order valence-corrected chi connectivity index (χ1v) is 6.58. The summed E-state index contributed by atoms with van der Waals surface area (Å²) >= 11 is 0. The van der Waals surface area contributed by atoms with Gasteiger partial charge in [0.25, 0.3) is 5.91 Å². The number of carbonyl (C=O) groups is 1. The molecule has 0 atom stereocenters. The summed E-state index contributed by atoms with van der Waals surface area (Å²) in [5, 5.41) is 7.08. The summed E-state index contributed by atoms with van der Waals surface area (Å²) in [5.74, 6) is -0.110. The minimum Gasteiger partial charge on any atom is -0.322 e. The van der Waals surface area contributed by atoms with Gasteiger partial charge in [0.1, 0.15) is 0 Å². The van der Waals surface area contributed by atoms with Gasteiger partial charge < -0.3 is 5.32 Å². The Labute approximate surface area is 113 Å². The molecule has 0 radical (unpaired) electrons. The van der Waals surface area contributed by atoms with Crippen LogP contribution >= 0.6 is 0 Å². The number of nitrogens with zero attached hydrogens (tertiary/aromatic N) is 2. The van der Waals surface area contributed by atoms with E-state index in [0.717, 1.165) is 24.3 Å². The van der Waals surface area contributed by atoms with E-state index in [1.807, 2.05) is 42.8 Å². The predicted molar refractivity (Wildman–Crippen MR) is 76.4 cm³/mol. The Morgan fingerprint density at radius 3 is 2.47 bits per heavy atom. The van der Waals surface area contributed by atoms with E-state index in [2.05, 4.69) is 17.3 Å². The van der Waals surface area contributed by atoms with Crippen LogP contribution in [0, 0.1) is 6.92 Å². The summed E-state index contributed by atoms with van der Waals surface area (Å²) in [6.45, 7) is 6.79. The molecule has 0 aliphatic carbocycles. The molecule has 19 heavy (non-hydrogen) atoms. The second kappa shape index (κ2) is 5.69. The van der Waals surface area contributed by atoms with Gasteiger partial charge in [-0.1, -0.05) is 19.1 Å². The summed E-state index contributed by atoms with van der Waals surface area (Å²) in [5.41, 5.74) is 3.59. The van der Waals surface area contributed by atoms with Crippen molar-refractivity contribution in [2.45, 2.75) is 33.7 Å². The maximum absolute atomic E-state index is 12.2. The summed E-state index contributed by atoms with van der Waals surface area (Å²) in [4.78, 5) is 12.2. The Balaban J connectivity index is 2.13. The fraction of sp³-hybridized carbons (Fsp3) is 0.333. The molecule has 0 bridgehead atoms. The van der Waals surface area contributed by atoms with Crippen LogP contribution < -0.4 is 5.32 Å². The van der Waals surface area contributed by atoms with E-state index in [0.29, 0.717) is 5.56 Å². The van der Waals surface area contributed by atoms with Crippen LogP contribution in [0.1, 0.15) is 35.5 Å². The smallest absolute Gasteiger partial charge is 0.259 e. The van der Waals surface area contributed by atoms with E-state index < -0.39 is 0 Å². The van der Waals surface area contributed by atoms with Crippen molar-refractivity contribution in [3.8, 4) is 0 Å². The SMILES string of the molecule is CCc1ccc(NC(=O)c2cnn(CC)c2C)cc1. The molecule has 2 aromatic rings. The highest BCUT2D eigenvalue weighted by atomic mass is 16.1.